The van der Waals surface area contributed by atoms with Gasteiger partial charge in [0.25, 0.3) is 0 Å². The number of rotatable bonds is 4. The van der Waals surface area contributed by atoms with Crippen molar-refractivity contribution in [1.29, 1.82) is 0 Å². The Kier molecular flexibility index (Phi) is 4.71. The summed E-state index contributed by atoms with van der Waals surface area (Å²) in [6.07, 6.45) is 3.32. The van der Waals surface area contributed by atoms with Crippen molar-refractivity contribution < 1.29 is 0 Å². The highest BCUT2D eigenvalue weighted by Gasteiger charge is 2.30. The molecule has 2 atom stereocenters. The summed E-state index contributed by atoms with van der Waals surface area (Å²) in [4.78, 5) is 6.90. The number of nitrogens with one attached hydrogen (secondary N) is 1. The van der Waals surface area contributed by atoms with Crippen LogP contribution in [0.25, 0.3) is 10.2 Å². The second-order valence-electron chi connectivity index (χ2n) is 6.08. The van der Waals surface area contributed by atoms with E-state index in [9.17, 15) is 0 Å². The van der Waals surface area contributed by atoms with Crippen LogP contribution in [0.15, 0.2) is 23.6 Å². The number of nitrogens with zero attached hydrogens (tertiary/aromatic N) is 1. The molecule has 0 bridgehead atoms. The fourth-order valence-corrected chi connectivity index (χ4v) is 5.93. The van der Waals surface area contributed by atoms with E-state index in [1.54, 1.807) is 22.7 Å². The molecule has 0 aliphatic heterocycles. The first-order valence-corrected chi connectivity index (χ1v) is 10.4. The smallest absolute Gasteiger partial charge is 0.131 e. The van der Waals surface area contributed by atoms with Crippen molar-refractivity contribution in [2.24, 2.45) is 5.73 Å². The lowest BCUT2D eigenvalue weighted by atomic mass is 10.0. The molecule has 3 aromatic rings. The molecule has 3 N–H and O–H groups in total. The minimum Gasteiger partial charge on any atom is -0.379 e. The first kappa shape index (κ1) is 16.6. The van der Waals surface area contributed by atoms with Crippen LogP contribution in [-0.2, 0) is 6.54 Å². The third-order valence-corrected chi connectivity index (χ3v) is 7.43. The molecule has 126 valence electrons. The summed E-state index contributed by atoms with van der Waals surface area (Å²) in [5, 5.41) is 6.73. The van der Waals surface area contributed by atoms with Gasteiger partial charge in [-0.3, -0.25) is 0 Å². The van der Waals surface area contributed by atoms with Gasteiger partial charge < -0.3 is 11.1 Å². The van der Waals surface area contributed by atoms with Gasteiger partial charge in [-0.1, -0.05) is 35.7 Å². The molecule has 1 aliphatic rings. The summed E-state index contributed by atoms with van der Waals surface area (Å²) < 4.78 is 1.06. The molecule has 0 aromatic carbocycles. The number of fused-ring (bicyclic) bond motifs is 1. The SMILES string of the molecule is N[C@H]1CCC[C@H]1c1sc2c(NCc3cccs3)cc(Cl)nc2c1Cl. The van der Waals surface area contributed by atoms with Gasteiger partial charge in [-0.05, 0) is 24.3 Å². The van der Waals surface area contributed by atoms with Gasteiger partial charge in [0.2, 0.25) is 0 Å². The number of anilines is 1. The lowest BCUT2D eigenvalue weighted by molar-refractivity contribution is 0.622. The molecule has 7 heteroatoms. The van der Waals surface area contributed by atoms with E-state index in [-0.39, 0.29) is 6.04 Å². The van der Waals surface area contributed by atoms with E-state index in [4.69, 9.17) is 28.9 Å². The van der Waals surface area contributed by atoms with Crippen LogP contribution < -0.4 is 11.1 Å². The van der Waals surface area contributed by atoms with E-state index in [1.807, 2.05) is 6.07 Å². The van der Waals surface area contributed by atoms with E-state index >= 15 is 0 Å². The monoisotopic (exact) mass is 397 g/mol. The number of hydrogen-bond acceptors (Lipinski definition) is 5. The van der Waals surface area contributed by atoms with Gasteiger partial charge in [0.05, 0.1) is 15.4 Å². The van der Waals surface area contributed by atoms with Gasteiger partial charge in [-0.25, -0.2) is 4.98 Å². The molecule has 0 radical (unpaired) electrons. The van der Waals surface area contributed by atoms with E-state index < -0.39 is 0 Å². The van der Waals surface area contributed by atoms with Crippen molar-refractivity contribution in [2.45, 2.75) is 37.8 Å². The van der Waals surface area contributed by atoms with Gasteiger partial charge in [0.15, 0.2) is 0 Å². The molecule has 0 saturated heterocycles. The molecule has 1 aliphatic carbocycles. The Morgan fingerprint density at radius 3 is 2.92 bits per heavy atom. The standard InChI is InChI=1S/C17H17Cl2N3S2/c18-13-7-12(21-8-9-3-2-6-23-9)17-15(22-13)14(19)16(24-17)10-4-1-5-11(10)20/h2-3,6-7,10-11H,1,4-5,8,20H2,(H,21,22)/t10-,11+/m1/s1. The summed E-state index contributed by atoms with van der Waals surface area (Å²) in [7, 11) is 0. The Morgan fingerprint density at radius 1 is 1.33 bits per heavy atom. The Bertz CT molecular complexity index is 860. The molecule has 0 spiro atoms. The van der Waals surface area contributed by atoms with E-state index in [2.05, 4.69) is 27.8 Å². The summed E-state index contributed by atoms with van der Waals surface area (Å²) in [6, 6.07) is 6.23. The Labute approximate surface area is 158 Å². The summed E-state index contributed by atoms with van der Waals surface area (Å²) in [5.41, 5.74) is 8.06. The molecule has 4 rings (SSSR count). The van der Waals surface area contributed by atoms with Crippen molar-refractivity contribution in [3.63, 3.8) is 0 Å². The first-order valence-electron chi connectivity index (χ1n) is 7.93. The fraction of sp³-hybridized carbons (Fsp3) is 0.353. The molecular weight excluding hydrogens is 381 g/mol. The zero-order chi connectivity index (χ0) is 16.7. The number of halogens is 2. The Balaban J connectivity index is 1.73. The average molecular weight is 398 g/mol. The van der Waals surface area contributed by atoms with Gasteiger partial charge in [0, 0.05) is 34.3 Å². The van der Waals surface area contributed by atoms with Crippen LogP contribution in [0.3, 0.4) is 0 Å². The van der Waals surface area contributed by atoms with Gasteiger partial charge in [-0.2, -0.15) is 0 Å². The highest BCUT2D eigenvalue weighted by atomic mass is 35.5. The topological polar surface area (TPSA) is 50.9 Å². The Hall–Kier alpha value is -0.850. The van der Waals surface area contributed by atoms with Gasteiger partial charge >= 0.3 is 0 Å². The lowest BCUT2D eigenvalue weighted by Crippen LogP contribution is -2.22. The second-order valence-corrected chi connectivity index (χ2v) is 8.93. The molecule has 1 fully saturated rings. The second kappa shape index (κ2) is 6.81. The molecular formula is C17H17Cl2N3S2. The van der Waals surface area contributed by atoms with Crippen molar-refractivity contribution >= 4 is 61.8 Å². The van der Waals surface area contributed by atoms with Crippen molar-refractivity contribution in [2.75, 3.05) is 5.32 Å². The zero-order valence-corrected chi connectivity index (χ0v) is 16.0. The third-order valence-electron chi connectivity index (χ3n) is 4.52. The van der Waals surface area contributed by atoms with Gasteiger partial charge in [0.1, 0.15) is 10.7 Å². The maximum absolute atomic E-state index is 6.65. The van der Waals surface area contributed by atoms with Crippen molar-refractivity contribution in [1.82, 2.24) is 4.98 Å². The maximum atomic E-state index is 6.65. The molecule has 3 nitrogen and oxygen atoms in total. The van der Waals surface area contributed by atoms with Crippen LogP contribution >= 0.6 is 45.9 Å². The minimum atomic E-state index is 0.188. The van der Waals surface area contributed by atoms with Gasteiger partial charge in [-0.15, -0.1) is 22.7 Å². The molecule has 3 aromatic heterocycles. The predicted molar refractivity (Wildman–Crippen MR) is 106 cm³/mol. The number of aromatic nitrogens is 1. The largest absolute Gasteiger partial charge is 0.379 e. The molecule has 1 saturated carbocycles. The number of nitrogens with two attached hydrogens (primary N) is 1. The van der Waals surface area contributed by atoms with Crippen LogP contribution in [0.5, 0.6) is 0 Å². The minimum absolute atomic E-state index is 0.188. The number of thiophene rings is 2. The van der Waals surface area contributed by atoms with Crippen LogP contribution in [0.2, 0.25) is 10.2 Å². The number of pyridine rings is 1. The van der Waals surface area contributed by atoms with Crippen LogP contribution in [0.4, 0.5) is 5.69 Å². The molecule has 24 heavy (non-hydrogen) atoms. The maximum Gasteiger partial charge on any atom is 0.131 e. The first-order chi connectivity index (χ1) is 11.6. The van der Waals surface area contributed by atoms with Crippen LogP contribution in [0, 0.1) is 0 Å². The summed E-state index contributed by atoms with van der Waals surface area (Å²) in [5.74, 6) is 0.334. The van der Waals surface area contributed by atoms with E-state index in [1.165, 1.54) is 4.88 Å². The highest BCUT2D eigenvalue weighted by Crippen LogP contribution is 2.47. The quantitative estimate of drug-likeness (QED) is 0.540. The normalized spacial score (nSPS) is 20.8. The molecule has 3 heterocycles. The predicted octanol–water partition coefficient (Wildman–Crippen LogP) is 5.87. The highest BCUT2D eigenvalue weighted by molar-refractivity contribution is 7.20. The zero-order valence-electron chi connectivity index (χ0n) is 12.9. The van der Waals surface area contributed by atoms with E-state index in [0.717, 1.165) is 51.6 Å². The Morgan fingerprint density at radius 2 is 2.21 bits per heavy atom. The molecule has 0 unspecified atom stereocenters. The lowest BCUT2D eigenvalue weighted by Gasteiger charge is -2.13. The van der Waals surface area contributed by atoms with E-state index in [0.29, 0.717) is 11.1 Å². The van der Waals surface area contributed by atoms with Crippen molar-refractivity contribution in [3.8, 4) is 0 Å². The third kappa shape index (κ3) is 3.04. The number of hydrogen-bond donors (Lipinski definition) is 2. The molecule has 0 amide bonds. The fourth-order valence-electron chi connectivity index (χ4n) is 3.31. The average Bonchev–Trinajstić information content (AvgIpc) is 3.27. The van der Waals surface area contributed by atoms with Crippen molar-refractivity contribution in [3.05, 3.63) is 43.5 Å². The van der Waals surface area contributed by atoms with Crippen LogP contribution in [-0.4, -0.2) is 11.0 Å². The summed E-state index contributed by atoms with van der Waals surface area (Å²) >= 11 is 16.3. The summed E-state index contributed by atoms with van der Waals surface area (Å²) in [6.45, 7) is 0.765. The van der Waals surface area contributed by atoms with Crippen LogP contribution in [0.1, 0.15) is 34.9 Å².